The van der Waals surface area contributed by atoms with Crippen molar-refractivity contribution in [1.82, 2.24) is 0 Å². The highest BCUT2D eigenvalue weighted by Crippen LogP contribution is 2.49. The third kappa shape index (κ3) is 4.79. The molecule has 1 saturated carbocycles. The number of ether oxygens (including phenoxy) is 1. The maximum atomic E-state index is 14.2. The molecule has 0 saturated heterocycles. The van der Waals surface area contributed by atoms with Crippen LogP contribution in [0, 0.1) is 5.13 Å². The van der Waals surface area contributed by atoms with Crippen molar-refractivity contribution in [2.45, 2.75) is 38.2 Å². The average Bonchev–Trinajstić information content (AvgIpc) is 3.32. The van der Waals surface area contributed by atoms with Crippen LogP contribution in [0.2, 0.25) is 0 Å². The molecule has 1 atom stereocenters. The Morgan fingerprint density at radius 3 is 2.20 bits per heavy atom. The molecule has 1 amide bonds. The quantitative estimate of drug-likeness (QED) is 0.275. The lowest BCUT2D eigenvalue weighted by Gasteiger charge is -2.13. The van der Waals surface area contributed by atoms with Gasteiger partial charge in [0.25, 0.3) is 0 Å². The Bertz CT molecular complexity index is 1350. The van der Waals surface area contributed by atoms with Crippen LogP contribution in [-0.2, 0) is 14.9 Å². The molecule has 1 fully saturated rings. The van der Waals surface area contributed by atoms with Gasteiger partial charge in [0.05, 0.1) is 16.0 Å². The van der Waals surface area contributed by atoms with Crippen LogP contribution in [0.25, 0.3) is 21.6 Å². The molecule has 5 rings (SSSR count). The molecule has 0 bridgehead atoms. The molecule has 0 aliphatic heterocycles. The zero-order chi connectivity index (χ0) is 24.6. The van der Waals surface area contributed by atoms with E-state index in [0.29, 0.717) is 10.6 Å². The van der Waals surface area contributed by atoms with Gasteiger partial charge < -0.3 is 4.74 Å². The fourth-order valence-corrected chi connectivity index (χ4v) is 5.89. The number of nitrogens with one attached hydrogen (secondary N) is 1. The van der Waals surface area contributed by atoms with E-state index in [1.807, 2.05) is 65.4 Å². The van der Waals surface area contributed by atoms with Gasteiger partial charge in [-0.3, -0.25) is 10.1 Å². The molecular formula is C28H24FNO3S2. The highest BCUT2D eigenvalue weighted by Gasteiger charge is 2.48. The number of carbonyl (C=O) groups excluding carboxylic acids is 2. The fourth-order valence-electron chi connectivity index (χ4n) is 4.31. The number of hydrogen-bond donors (Lipinski definition) is 1. The Morgan fingerprint density at radius 2 is 1.63 bits per heavy atom. The second-order valence-corrected chi connectivity index (χ2v) is 10.6. The van der Waals surface area contributed by atoms with Gasteiger partial charge in [-0.05, 0) is 65.8 Å². The predicted molar refractivity (Wildman–Crippen MR) is 140 cm³/mol. The summed E-state index contributed by atoms with van der Waals surface area (Å²) in [6.07, 6.45) is 0.817. The van der Waals surface area contributed by atoms with Gasteiger partial charge >= 0.3 is 6.09 Å². The normalized spacial score (nSPS) is 14.8. The van der Waals surface area contributed by atoms with Gasteiger partial charge in [0.15, 0.2) is 5.13 Å². The van der Waals surface area contributed by atoms with Crippen LogP contribution in [0.1, 0.15) is 43.9 Å². The monoisotopic (exact) mass is 505 g/mol. The van der Waals surface area contributed by atoms with Crippen molar-refractivity contribution in [3.05, 3.63) is 87.7 Å². The molecule has 2 aromatic heterocycles. The molecule has 4 nitrogen and oxygen atoms in total. The first-order valence-electron chi connectivity index (χ1n) is 11.4. The van der Waals surface area contributed by atoms with E-state index in [4.69, 9.17) is 4.74 Å². The molecule has 1 aliphatic carbocycles. The van der Waals surface area contributed by atoms with E-state index in [9.17, 15) is 14.0 Å². The number of carbonyl (C=O) groups is 2. The molecule has 1 N–H and O–H groups in total. The summed E-state index contributed by atoms with van der Waals surface area (Å²) in [4.78, 5) is 25.1. The summed E-state index contributed by atoms with van der Waals surface area (Å²) in [5.74, 6) is 0.229. The van der Waals surface area contributed by atoms with Crippen molar-refractivity contribution in [3.63, 3.8) is 0 Å². The third-order valence-corrected chi connectivity index (χ3v) is 8.25. The number of anilines is 1. The summed E-state index contributed by atoms with van der Waals surface area (Å²) in [6.45, 7) is 3.47. The summed E-state index contributed by atoms with van der Waals surface area (Å²) in [7, 11) is 0. The smallest absolute Gasteiger partial charge is 0.412 e. The van der Waals surface area contributed by atoms with Gasteiger partial charge in [0, 0.05) is 11.6 Å². The molecule has 2 heterocycles. The van der Waals surface area contributed by atoms with E-state index < -0.39 is 12.2 Å². The van der Waals surface area contributed by atoms with Crippen LogP contribution < -0.4 is 5.32 Å². The fraction of sp³-hybridized carbons (Fsp3) is 0.214. The Morgan fingerprint density at radius 1 is 1.00 bits per heavy atom. The molecule has 0 spiro atoms. The number of thiophene rings is 2. The minimum absolute atomic E-state index is 0.229. The zero-order valence-corrected chi connectivity index (χ0v) is 21.0. The molecule has 178 valence electrons. The lowest BCUT2D eigenvalue weighted by molar-refractivity contribution is -0.119. The molecule has 7 heteroatoms. The van der Waals surface area contributed by atoms with Crippen LogP contribution in [0.5, 0.6) is 0 Å². The summed E-state index contributed by atoms with van der Waals surface area (Å²) in [5.41, 5.74) is 4.96. The van der Waals surface area contributed by atoms with Crippen LogP contribution >= 0.6 is 22.7 Å². The summed E-state index contributed by atoms with van der Waals surface area (Å²) in [5, 5.41) is 6.15. The van der Waals surface area contributed by atoms with E-state index >= 15 is 0 Å². The topological polar surface area (TPSA) is 55.4 Å². The zero-order valence-electron chi connectivity index (χ0n) is 19.3. The van der Waals surface area contributed by atoms with E-state index in [2.05, 4.69) is 5.32 Å². The molecular weight excluding hydrogens is 481 g/mol. The summed E-state index contributed by atoms with van der Waals surface area (Å²) >= 11 is 2.51. The van der Waals surface area contributed by atoms with Gasteiger partial charge in [0.1, 0.15) is 11.9 Å². The lowest BCUT2D eigenvalue weighted by atomic mass is 9.90. The first-order valence-corrected chi connectivity index (χ1v) is 13.1. The highest BCUT2D eigenvalue weighted by molar-refractivity contribution is 7.14. The summed E-state index contributed by atoms with van der Waals surface area (Å²) in [6, 6.07) is 19.1. The van der Waals surface area contributed by atoms with Gasteiger partial charge in [-0.15, -0.1) is 11.3 Å². The van der Waals surface area contributed by atoms with E-state index in [-0.39, 0.29) is 16.3 Å². The first-order chi connectivity index (χ1) is 16.9. The molecule has 4 aromatic rings. The van der Waals surface area contributed by atoms with Crippen LogP contribution in [0.15, 0.2) is 71.4 Å². The Balaban J connectivity index is 1.31. The van der Waals surface area contributed by atoms with Crippen molar-refractivity contribution in [1.29, 1.82) is 0 Å². The number of amides is 1. The predicted octanol–water partition coefficient (Wildman–Crippen LogP) is 8.21. The largest absolute Gasteiger partial charge is 0.441 e. The van der Waals surface area contributed by atoms with E-state index in [0.717, 1.165) is 52.0 Å². The van der Waals surface area contributed by atoms with Gasteiger partial charge in [-0.25, -0.2) is 4.79 Å². The SMILES string of the molecule is CC(=O)C1(c2ccc(-c3ccc(-c4sc(F)cc4NC(=O)OC(C)c4ccsc4)cc3)cc2)CC1. The second kappa shape index (κ2) is 9.40. The van der Waals surface area contributed by atoms with Gasteiger partial charge in [-0.2, -0.15) is 15.7 Å². The van der Waals surface area contributed by atoms with Crippen molar-refractivity contribution in [3.8, 4) is 21.6 Å². The van der Waals surface area contributed by atoms with Gasteiger partial charge in [0.2, 0.25) is 0 Å². The number of benzene rings is 2. The third-order valence-electron chi connectivity index (χ3n) is 6.58. The molecule has 1 aliphatic rings. The number of ketones is 1. The van der Waals surface area contributed by atoms with Gasteiger partial charge in [-0.1, -0.05) is 48.5 Å². The molecule has 1 unspecified atom stereocenters. The molecule has 0 radical (unpaired) electrons. The Hall–Kier alpha value is -3.29. The van der Waals surface area contributed by atoms with E-state index in [1.54, 1.807) is 13.8 Å². The Labute approximate surface area is 211 Å². The van der Waals surface area contributed by atoms with Crippen molar-refractivity contribution >= 4 is 40.2 Å². The van der Waals surface area contributed by atoms with Crippen molar-refractivity contribution in [2.24, 2.45) is 0 Å². The minimum Gasteiger partial charge on any atom is -0.441 e. The van der Waals surface area contributed by atoms with Crippen molar-refractivity contribution in [2.75, 3.05) is 5.32 Å². The van der Waals surface area contributed by atoms with Crippen molar-refractivity contribution < 1.29 is 18.7 Å². The second-order valence-electron chi connectivity index (χ2n) is 8.82. The number of hydrogen-bond acceptors (Lipinski definition) is 5. The maximum Gasteiger partial charge on any atom is 0.412 e. The lowest BCUT2D eigenvalue weighted by Crippen LogP contribution is -2.16. The summed E-state index contributed by atoms with van der Waals surface area (Å²) < 4.78 is 19.6. The van der Waals surface area contributed by atoms with Crippen LogP contribution in [-0.4, -0.2) is 11.9 Å². The minimum atomic E-state index is -0.626. The van der Waals surface area contributed by atoms with E-state index in [1.165, 1.54) is 17.4 Å². The molecule has 2 aromatic carbocycles. The first kappa shape index (κ1) is 23.5. The number of Topliss-reactive ketones (excluding diaryl/α,β-unsaturated/α-hetero) is 1. The maximum absolute atomic E-state index is 14.2. The van der Waals surface area contributed by atoms with Crippen LogP contribution in [0.4, 0.5) is 14.9 Å². The molecule has 35 heavy (non-hydrogen) atoms. The Kier molecular flexibility index (Phi) is 6.30. The average molecular weight is 506 g/mol. The standard InChI is InChI=1S/C28H24FNO3S2/c1-17(22-11-14-34-16-22)33-27(32)30-24-15-25(29)35-26(24)21-5-3-19(4-6-21)20-7-9-23(10-8-20)28(12-13-28)18(2)31/h3-11,14-17H,12-13H2,1-2H3,(H,30,32). The number of halogens is 1. The highest BCUT2D eigenvalue weighted by atomic mass is 32.1. The number of rotatable bonds is 7. The van der Waals surface area contributed by atoms with Crippen LogP contribution in [0.3, 0.4) is 0 Å².